The molecule has 0 aromatic carbocycles. The maximum absolute atomic E-state index is 11.7. The molecule has 2 amide bonds. The largest absolute Gasteiger partial charge is 0.481 e. The first-order valence-corrected chi connectivity index (χ1v) is 5.61. The molecule has 18 heavy (non-hydrogen) atoms. The van der Waals surface area contributed by atoms with Crippen molar-refractivity contribution in [3.8, 4) is 0 Å². The Morgan fingerprint density at radius 3 is 2.17 bits per heavy atom. The van der Waals surface area contributed by atoms with Crippen molar-refractivity contribution < 1.29 is 27.9 Å². The van der Waals surface area contributed by atoms with Gasteiger partial charge < -0.3 is 15.7 Å². The highest BCUT2D eigenvalue weighted by atomic mass is 19.4. The molecule has 0 fully saturated rings. The summed E-state index contributed by atoms with van der Waals surface area (Å²) < 4.78 is 35.2. The molecule has 0 aromatic rings. The highest BCUT2D eigenvalue weighted by Crippen LogP contribution is 2.11. The third-order valence-corrected chi connectivity index (χ3v) is 2.05. The van der Waals surface area contributed by atoms with Crippen LogP contribution in [0.3, 0.4) is 0 Å². The molecule has 0 aliphatic carbocycles. The van der Waals surface area contributed by atoms with Gasteiger partial charge in [0, 0.05) is 13.0 Å². The van der Waals surface area contributed by atoms with Crippen LogP contribution in [0, 0.1) is 0 Å². The van der Waals surface area contributed by atoms with Gasteiger partial charge in [0.05, 0.1) is 0 Å². The second-order valence-corrected chi connectivity index (χ2v) is 3.78. The Morgan fingerprint density at radius 1 is 1.00 bits per heavy atom. The zero-order chi connectivity index (χ0) is 14.0. The van der Waals surface area contributed by atoms with E-state index in [0.29, 0.717) is 12.8 Å². The maximum atomic E-state index is 11.7. The Kier molecular flexibility index (Phi) is 7.89. The van der Waals surface area contributed by atoms with Crippen LogP contribution in [0.15, 0.2) is 0 Å². The number of carboxylic acid groups (broad SMARTS) is 1. The number of urea groups is 1. The van der Waals surface area contributed by atoms with Crippen molar-refractivity contribution in [3.05, 3.63) is 0 Å². The number of alkyl halides is 3. The molecule has 0 aliphatic rings. The molecule has 0 radical (unpaired) electrons. The van der Waals surface area contributed by atoms with Crippen LogP contribution in [0.2, 0.25) is 0 Å². The molecule has 0 aromatic heterocycles. The van der Waals surface area contributed by atoms with Crippen molar-refractivity contribution in [1.82, 2.24) is 10.6 Å². The van der Waals surface area contributed by atoms with Crippen molar-refractivity contribution in [1.29, 1.82) is 0 Å². The van der Waals surface area contributed by atoms with Gasteiger partial charge in [0.15, 0.2) is 0 Å². The fraction of sp³-hybridized carbons (Fsp3) is 0.800. The Labute approximate surface area is 103 Å². The fourth-order valence-corrected chi connectivity index (χ4v) is 1.20. The molecular formula is C10H17F3N2O3. The molecule has 0 saturated heterocycles. The minimum Gasteiger partial charge on any atom is -0.481 e. The smallest absolute Gasteiger partial charge is 0.405 e. The van der Waals surface area contributed by atoms with Gasteiger partial charge in [-0.2, -0.15) is 13.2 Å². The van der Waals surface area contributed by atoms with E-state index in [4.69, 9.17) is 5.11 Å². The molecule has 8 heteroatoms. The van der Waals surface area contributed by atoms with Gasteiger partial charge >= 0.3 is 18.2 Å². The molecule has 0 rings (SSSR count). The summed E-state index contributed by atoms with van der Waals surface area (Å²) in [6, 6.07) is -0.849. The van der Waals surface area contributed by atoms with Crippen molar-refractivity contribution in [2.75, 3.05) is 13.1 Å². The summed E-state index contributed by atoms with van der Waals surface area (Å²) >= 11 is 0. The van der Waals surface area contributed by atoms with E-state index < -0.39 is 24.7 Å². The Bertz CT molecular complexity index is 270. The van der Waals surface area contributed by atoms with Crippen molar-refractivity contribution in [2.24, 2.45) is 0 Å². The predicted octanol–water partition coefficient (Wildman–Crippen LogP) is 1.88. The number of rotatable bonds is 8. The van der Waals surface area contributed by atoms with Gasteiger partial charge in [-0.15, -0.1) is 0 Å². The van der Waals surface area contributed by atoms with E-state index in [2.05, 4.69) is 5.32 Å². The summed E-state index contributed by atoms with van der Waals surface area (Å²) in [6.45, 7) is -1.08. The van der Waals surface area contributed by atoms with Gasteiger partial charge in [0.25, 0.3) is 0 Å². The molecule has 0 bridgehead atoms. The number of nitrogens with one attached hydrogen (secondary N) is 2. The Morgan fingerprint density at radius 2 is 1.61 bits per heavy atom. The highest BCUT2D eigenvalue weighted by Gasteiger charge is 2.27. The molecular weight excluding hydrogens is 253 g/mol. The minimum atomic E-state index is -4.41. The van der Waals surface area contributed by atoms with Crippen LogP contribution in [0.5, 0.6) is 0 Å². The molecule has 0 aliphatic heterocycles. The van der Waals surface area contributed by atoms with Crippen molar-refractivity contribution in [2.45, 2.75) is 38.3 Å². The third-order valence-electron chi connectivity index (χ3n) is 2.05. The lowest BCUT2D eigenvalue weighted by molar-refractivity contribution is -0.137. The quantitative estimate of drug-likeness (QED) is 0.589. The van der Waals surface area contributed by atoms with Gasteiger partial charge in [0.2, 0.25) is 0 Å². The van der Waals surface area contributed by atoms with Crippen molar-refractivity contribution >= 4 is 12.0 Å². The topological polar surface area (TPSA) is 78.4 Å². The summed E-state index contributed by atoms with van der Waals surface area (Å²) in [5, 5.41) is 12.3. The first kappa shape index (κ1) is 16.5. The average molecular weight is 270 g/mol. The zero-order valence-electron chi connectivity index (χ0n) is 9.85. The number of halogens is 3. The van der Waals surface area contributed by atoms with Crippen LogP contribution in [0.1, 0.15) is 32.1 Å². The van der Waals surface area contributed by atoms with E-state index in [1.807, 2.05) is 0 Å². The van der Waals surface area contributed by atoms with Crippen LogP contribution in [0.25, 0.3) is 0 Å². The van der Waals surface area contributed by atoms with E-state index in [0.717, 1.165) is 12.8 Å². The number of carboxylic acids is 1. The maximum Gasteiger partial charge on any atom is 0.405 e. The molecule has 5 nitrogen and oxygen atoms in total. The lowest BCUT2D eigenvalue weighted by atomic mass is 10.1. The summed E-state index contributed by atoms with van der Waals surface area (Å²) in [6.07, 6.45) is -1.67. The Balaban J connectivity index is 3.33. The van der Waals surface area contributed by atoms with Gasteiger partial charge in [-0.3, -0.25) is 4.79 Å². The number of aliphatic carboxylic acids is 1. The van der Waals surface area contributed by atoms with Crippen LogP contribution >= 0.6 is 0 Å². The van der Waals surface area contributed by atoms with E-state index in [1.165, 1.54) is 0 Å². The van der Waals surface area contributed by atoms with Crippen LogP contribution < -0.4 is 10.6 Å². The molecule has 0 heterocycles. The number of hydrogen-bond donors (Lipinski definition) is 3. The third kappa shape index (κ3) is 12.6. The first-order chi connectivity index (χ1) is 8.31. The molecule has 3 N–H and O–H groups in total. The normalized spacial score (nSPS) is 11.1. The summed E-state index contributed by atoms with van der Waals surface area (Å²) in [5.74, 6) is -0.848. The second kappa shape index (κ2) is 8.60. The first-order valence-electron chi connectivity index (χ1n) is 5.61. The minimum absolute atomic E-state index is 0.111. The molecule has 0 saturated carbocycles. The number of amides is 2. The lowest BCUT2D eigenvalue weighted by Gasteiger charge is -2.09. The fourth-order valence-electron chi connectivity index (χ4n) is 1.20. The Hall–Kier alpha value is -1.47. The summed E-state index contributed by atoms with van der Waals surface area (Å²) in [7, 11) is 0. The van der Waals surface area contributed by atoms with Crippen LogP contribution in [-0.2, 0) is 4.79 Å². The van der Waals surface area contributed by atoms with E-state index in [-0.39, 0.29) is 13.0 Å². The van der Waals surface area contributed by atoms with Gasteiger partial charge in [-0.05, 0) is 12.8 Å². The summed E-state index contributed by atoms with van der Waals surface area (Å²) in [5.41, 5.74) is 0. The molecule has 106 valence electrons. The van der Waals surface area contributed by atoms with E-state index in [1.54, 1.807) is 5.32 Å². The number of carbonyl (C=O) groups excluding carboxylic acids is 1. The van der Waals surface area contributed by atoms with Gasteiger partial charge in [-0.1, -0.05) is 12.8 Å². The van der Waals surface area contributed by atoms with Crippen LogP contribution in [0.4, 0.5) is 18.0 Å². The van der Waals surface area contributed by atoms with Crippen LogP contribution in [-0.4, -0.2) is 36.4 Å². The summed E-state index contributed by atoms with van der Waals surface area (Å²) in [4.78, 5) is 21.0. The van der Waals surface area contributed by atoms with Gasteiger partial charge in [-0.25, -0.2) is 4.79 Å². The van der Waals surface area contributed by atoms with Gasteiger partial charge in [0.1, 0.15) is 6.54 Å². The number of carbonyl (C=O) groups is 2. The second-order valence-electron chi connectivity index (χ2n) is 3.78. The molecule has 0 spiro atoms. The van der Waals surface area contributed by atoms with E-state index >= 15 is 0 Å². The average Bonchev–Trinajstić information content (AvgIpc) is 2.23. The van der Waals surface area contributed by atoms with E-state index in [9.17, 15) is 22.8 Å². The monoisotopic (exact) mass is 270 g/mol. The number of hydrogen-bond acceptors (Lipinski definition) is 2. The lowest BCUT2D eigenvalue weighted by Crippen LogP contribution is -2.41. The highest BCUT2D eigenvalue weighted by molar-refractivity contribution is 5.73. The predicted molar refractivity (Wildman–Crippen MR) is 58.2 cm³/mol. The zero-order valence-corrected chi connectivity index (χ0v) is 9.85. The van der Waals surface area contributed by atoms with Crippen molar-refractivity contribution in [3.63, 3.8) is 0 Å². The molecule has 0 atom stereocenters. The number of unbranched alkanes of at least 4 members (excludes halogenated alkanes) is 3. The SMILES string of the molecule is O=C(O)CCCCCCNC(=O)NCC(F)(F)F. The standard InChI is InChI=1S/C10H17F3N2O3/c11-10(12,13)7-15-9(18)14-6-4-2-1-3-5-8(16)17/h1-7H2,(H,16,17)(H2,14,15,18). The molecule has 0 unspecified atom stereocenters.